The van der Waals surface area contributed by atoms with Gasteiger partial charge in [0.1, 0.15) is 47.9 Å². The number of hydrogen-bond acceptors (Lipinski definition) is 13. The molecule has 0 aliphatic carbocycles. The molecule has 10 bridgehead atoms. The number of aromatic nitrogens is 1. The van der Waals surface area contributed by atoms with Gasteiger partial charge in [-0.15, -0.1) is 0 Å². The van der Waals surface area contributed by atoms with E-state index in [2.05, 4.69) is 26.6 Å². The predicted octanol–water partition coefficient (Wildman–Crippen LogP) is 4.28. The quantitative estimate of drug-likeness (QED) is 0.0983. The summed E-state index contributed by atoms with van der Waals surface area (Å²) in [5.74, 6) is -6.06. The molecule has 5 aliphatic heterocycles. The molecule has 0 spiro atoms. The Labute approximate surface area is 534 Å². The molecule has 8 atom stereocenters. The van der Waals surface area contributed by atoms with E-state index in [9.17, 15) is 33.9 Å². The van der Waals surface area contributed by atoms with Gasteiger partial charge in [0.15, 0.2) is 0 Å². The van der Waals surface area contributed by atoms with Gasteiger partial charge >= 0.3 is 5.97 Å². The lowest BCUT2D eigenvalue weighted by molar-refractivity contribution is -0.148. The van der Waals surface area contributed by atoms with Gasteiger partial charge in [0.2, 0.25) is 47.3 Å². The standard InChI is InChI=1S/C69H84FN9O13/c1-43-34-48-12-10-13-49(35-48)39-72-58(81)42-92-57-27-33-78-62(57)65(86)75-61(44(2)80)64(85)74-54(36-46-18-21-52(90-4)22-19-46)67(88)79-32-11-28-69(79,3)68(89)71-29-26-45-14-16-47(17-15-45)40-77(59(82)24-25-60(83)91-5)31-9-7-6-8-30-76-41-50(37-55(66(78)87)73-63(43)84)53-38-51(70)20-23-56(53)76/h6,8,10,12-23,35,38,41,43-44,54-55,57,61-62,80H,7,9,11,24-34,36-37,39-40,42H2,1-5H3,(H,71,89)(H,72,81)(H,73,84)(H,74,85)(H,75,86)/b8-6+/t43-,44+,54-,55-,57-,61-,62-,69-/m0/s1. The minimum atomic E-state index is -1.75. The fourth-order valence-electron chi connectivity index (χ4n) is 12.7. The Balaban J connectivity index is 1.08. The number of nitrogens with one attached hydrogen (secondary N) is 5. The van der Waals surface area contributed by atoms with Crippen molar-refractivity contribution in [1.82, 2.24) is 45.9 Å². The number of halogens is 1. The number of aliphatic hydroxyl groups is 1. The monoisotopic (exact) mass is 1270 g/mol. The molecule has 22 nitrogen and oxygen atoms in total. The first kappa shape index (κ1) is 67.4. The number of fused-ring (bicyclic) bond motifs is 20. The number of aliphatic hydroxyl groups excluding tert-OH is 1. The van der Waals surface area contributed by atoms with Crippen molar-refractivity contribution in [2.75, 3.05) is 47.0 Å². The van der Waals surface area contributed by atoms with Crippen LogP contribution in [0.2, 0.25) is 0 Å². The van der Waals surface area contributed by atoms with Gasteiger partial charge in [0, 0.05) is 88.1 Å². The Morgan fingerprint density at radius 1 is 0.793 bits per heavy atom. The molecular weight excluding hydrogens is 1180 g/mol. The van der Waals surface area contributed by atoms with Crippen molar-refractivity contribution < 1.29 is 66.9 Å². The van der Waals surface area contributed by atoms with Gasteiger partial charge in [-0.2, -0.15) is 0 Å². The summed E-state index contributed by atoms with van der Waals surface area (Å²) in [5.41, 5.74) is 3.69. The summed E-state index contributed by atoms with van der Waals surface area (Å²) in [5, 5.41) is 26.3. The Morgan fingerprint density at radius 2 is 1.55 bits per heavy atom. The predicted molar refractivity (Wildman–Crippen MR) is 338 cm³/mol. The Bertz CT molecular complexity index is 3540. The van der Waals surface area contributed by atoms with Crippen LogP contribution in [0.5, 0.6) is 5.75 Å². The van der Waals surface area contributed by atoms with Crippen molar-refractivity contribution in [2.24, 2.45) is 5.92 Å². The zero-order valence-electron chi connectivity index (χ0n) is 52.9. The fraction of sp³-hybridized carbons (Fsp3) is 0.464. The molecule has 0 unspecified atom stereocenters. The van der Waals surface area contributed by atoms with Gasteiger partial charge in [-0.3, -0.25) is 43.2 Å². The maximum absolute atomic E-state index is 15.6. The molecule has 2 saturated heterocycles. The number of nitrogens with zero attached hydrogens (tertiary/aromatic N) is 4. The molecule has 1 aromatic heterocycles. The van der Waals surface area contributed by atoms with Crippen LogP contribution in [0.15, 0.2) is 109 Å². The smallest absolute Gasteiger partial charge is 0.306 e. The molecule has 2 fully saturated rings. The zero-order valence-corrected chi connectivity index (χ0v) is 52.9. The number of ether oxygens (including phenoxy) is 3. The zero-order chi connectivity index (χ0) is 65.6. The van der Waals surface area contributed by atoms with Crippen LogP contribution in [0.25, 0.3) is 10.9 Å². The average molecular weight is 1270 g/mol. The number of esters is 1. The van der Waals surface area contributed by atoms with Gasteiger partial charge in [0.05, 0.1) is 32.8 Å². The molecule has 490 valence electrons. The summed E-state index contributed by atoms with van der Waals surface area (Å²) in [6.45, 7) is 5.50. The van der Waals surface area contributed by atoms with Crippen molar-refractivity contribution in [3.8, 4) is 5.75 Å². The lowest BCUT2D eigenvalue weighted by atomic mass is 9.95. The molecule has 5 aromatic rings. The lowest BCUT2D eigenvalue weighted by Gasteiger charge is -2.37. The number of hydrogen-bond donors (Lipinski definition) is 6. The maximum Gasteiger partial charge on any atom is 0.306 e. The van der Waals surface area contributed by atoms with E-state index in [0.29, 0.717) is 73.0 Å². The Kier molecular flexibility index (Phi) is 22.7. The highest BCUT2D eigenvalue weighted by Crippen LogP contribution is 2.32. The van der Waals surface area contributed by atoms with Crippen molar-refractivity contribution in [3.63, 3.8) is 0 Å². The Morgan fingerprint density at radius 3 is 2.30 bits per heavy atom. The van der Waals surface area contributed by atoms with Crippen molar-refractivity contribution in [2.45, 2.75) is 153 Å². The van der Waals surface area contributed by atoms with Gasteiger partial charge < -0.3 is 65.2 Å². The van der Waals surface area contributed by atoms with Crippen LogP contribution in [-0.4, -0.2) is 167 Å². The first-order valence-electron chi connectivity index (χ1n) is 31.6. The molecule has 0 radical (unpaired) electrons. The highest BCUT2D eigenvalue weighted by Gasteiger charge is 2.49. The largest absolute Gasteiger partial charge is 0.497 e. The van der Waals surface area contributed by atoms with Crippen LogP contribution >= 0.6 is 0 Å². The molecule has 5 aliphatic rings. The van der Waals surface area contributed by atoms with Gasteiger partial charge in [0.25, 0.3) is 0 Å². The van der Waals surface area contributed by atoms with E-state index in [1.807, 2.05) is 65.3 Å². The van der Waals surface area contributed by atoms with Crippen LogP contribution in [0.1, 0.15) is 99.1 Å². The normalized spacial score (nSPS) is 24.6. The number of methoxy groups -OCH3 is 2. The number of rotatable bonds is 7. The van der Waals surface area contributed by atoms with Gasteiger partial charge in [-0.25, -0.2) is 4.39 Å². The average Bonchev–Trinajstić information content (AvgIpc) is 1.65. The van der Waals surface area contributed by atoms with E-state index >= 15 is 18.8 Å². The van der Waals surface area contributed by atoms with E-state index in [4.69, 9.17) is 14.2 Å². The van der Waals surface area contributed by atoms with E-state index in [1.165, 1.54) is 43.1 Å². The molecule has 8 amide bonds. The minimum absolute atomic E-state index is 0.0238. The molecular formula is C69H84FN9O13. The van der Waals surface area contributed by atoms with Gasteiger partial charge in [-0.05, 0) is 123 Å². The van der Waals surface area contributed by atoms with Crippen LogP contribution in [0, 0.1) is 11.7 Å². The third-order valence-corrected chi connectivity index (χ3v) is 17.9. The number of benzene rings is 4. The molecule has 23 heteroatoms. The van der Waals surface area contributed by atoms with E-state index in [1.54, 1.807) is 55.3 Å². The third kappa shape index (κ3) is 16.8. The van der Waals surface area contributed by atoms with Crippen molar-refractivity contribution in [1.29, 1.82) is 0 Å². The lowest BCUT2D eigenvalue weighted by Crippen LogP contribution is -2.63. The van der Waals surface area contributed by atoms with E-state index in [-0.39, 0.29) is 77.2 Å². The minimum Gasteiger partial charge on any atom is -0.497 e. The summed E-state index contributed by atoms with van der Waals surface area (Å²) >= 11 is 0. The number of carbonyl (C=O) groups is 9. The number of allylic oxidation sites excluding steroid dienone is 2. The first-order chi connectivity index (χ1) is 44.2. The number of carbonyl (C=O) groups excluding carboxylic acids is 9. The van der Waals surface area contributed by atoms with Crippen LogP contribution in [-0.2, 0) is 97.9 Å². The summed E-state index contributed by atoms with van der Waals surface area (Å²) in [6, 6.07) is 20.2. The van der Waals surface area contributed by atoms with Crippen molar-refractivity contribution in [3.05, 3.63) is 149 Å². The molecule has 6 heterocycles. The van der Waals surface area contributed by atoms with Crippen molar-refractivity contribution >= 4 is 64.1 Å². The van der Waals surface area contributed by atoms with Crippen LogP contribution in [0.4, 0.5) is 4.39 Å². The summed E-state index contributed by atoms with van der Waals surface area (Å²) in [7, 11) is 2.78. The molecule has 0 saturated carbocycles. The summed E-state index contributed by atoms with van der Waals surface area (Å²) in [6.07, 6.45) is 5.19. The van der Waals surface area contributed by atoms with E-state index < -0.39 is 108 Å². The van der Waals surface area contributed by atoms with Crippen LogP contribution in [0.3, 0.4) is 0 Å². The summed E-state index contributed by atoms with van der Waals surface area (Å²) in [4.78, 5) is 133. The number of amides is 8. The molecule has 92 heavy (non-hydrogen) atoms. The second-order valence-corrected chi connectivity index (χ2v) is 24.6. The van der Waals surface area contributed by atoms with Crippen LogP contribution < -0.4 is 31.3 Å². The molecule has 6 N–H and O–H groups in total. The highest BCUT2D eigenvalue weighted by atomic mass is 19.1. The Hall–Kier alpha value is -8.96. The maximum atomic E-state index is 15.6. The van der Waals surface area contributed by atoms with Gasteiger partial charge in [-0.1, -0.05) is 79.7 Å². The molecule has 4 aromatic carbocycles. The second-order valence-electron chi connectivity index (χ2n) is 24.6. The summed E-state index contributed by atoms with van der Waals surface area (Å²) < 4.78 is 33.7. The third-order valence-electron chi connectivity index (χ3n) is 17.9. The first-order valence-corrected chi connectivity index (χ1v) is 31.6. The topological polar surface area (TPSA) is 276 Å². The second kappa shape index (κ2) is 30.9. The SMILES string of the molecule is COC(=O)CCC(=O)N1CCC/C=C/Cn2cc(c3cc(F)ccc32)C[C@@H]2NC(=O)[C@@H](C)Cc3cccc(c3)CNC(=O)CO[C@H]3CCN(C2=O)[C@@H]3C(=O)N[C@@H]([C@@H](C)O)C(=O)N[C@@H](Cc2ccc(OC)cc2)C(=O)N2CCC[C@@]2(C)C(=O)NCCc2ccc(cc2)C1. The highest BCUT2D eigenvalue weighted by molar-refractivity contribution is 5.99. The molecule has 10 rings (SSSR count). The van der Waals surface area contributed by atoms with E-state index in [0.717, 1.165) is 22.3 Å². The fourth-order valence-corrected chi connectivity index (χ4v) is 12.7.